The van der Waals surface area contributed by atoms with Crippen molar-refractivity contribution in [2.24, 2.45) is 0 Å². The summed E-state index contributed by atoms with van der Waals surface area (Å²) in [4.78, 5) is 31.5. The van der Waals surface area contributed by atoms with E-state index < -0.39 is 0 Å². The molecule has 0 aliphatic carbocycles. The molecule has 1 N–H and O–H groups in total. The van der Waals surface area contributed by atoms with E-state index in [1.807, 2.05) is 67.6 Å². The van der Waals surface area contributed by atoms with Gasteiger partial charge in [-0.05, 0) is 36.2 Å². The Morgan fingerprint density at radius 3 is 2.18 bits per heavy atom. The van der Waals surface area contributed by atoms with Crippen LogP contribution < -0.4 is 10.2 Å². The van der Waals surface area contributed by atoms with E-state index in [1.54, 1.807) is 23.1 Å². The maximum absolute atomic E-state index is 13.3. The van der Waals surface area contributed by atoms with Crippen molar-refractivity contribution >= 4 is 17.5 Å². The predicted octanol–water partition coefficient (Wildman–Crippen LogP) is 4.07. The fraction of sp³-hybridized carbons (Fsp3) is 0.174. The lowest BCUT2D eigenvalue weighted by molar-refractivity contribution is 0.0948. The summed E-state index contributed by atoms with van der Waals surface area (Å²) in [6.07, 6.45) is 0.837. The second kappa shape index (κ2) is 9.46. The maximum atomic E-state index is 13.3. The average Bonchev–Trinajstić information content (AvgIpc) is 2.76. The van der Waals surface area contributed by atoms with E-state index in [0.29, 0.717) is 13.1 Å². The molecule has 0 aliphatic rings. The molecular formula is C23H23N3O2. The molecule has 0 saturated heterocycles. The summed E-state index contributed by atoms with van der Waals surface area (Å²) in [5, 5.41) is 2.79. The van der Waals surface area contributed by atoms with E-state index in [9.17, 15) is 9.59 Å². The van der Waals surface area contributed by atoms with Gasteiger partial charge in [0.2, 0.25) is 0 Å². The van der Waals surface area contributed by atoms with Crippen LogP contribution in [0, 0.1) is 0 Å². The molecule has 3 rings (SSSR count). The number of nitrogens with one attached hydrogen (secondary N) is 1. The number of benzene rings is 2. The maximum Gasteiger partial charge on any atom is 0.277 e. The molecule has 1 aromatic heterocycles. The molecule has 0 spiro atoms. The summed E-state index contributed by atoms with van der Waals surface area (Å²) >= 11 is 0. The minimum Gasteiger partial charge on any atom is -0.351 e. The normalized spacial score (nSPS) is 10.3. The lowest BCUT2D eigenvalue weighted by Crippen LogP contribution is -2.32. The van der Waals surface area contributed by atoms with E-state index in [-0.39, 0.29) is 23.2 Å². The van der Waals surface area contributed by atoms with Crippen molar-refractivity contribution in [3.63, 3.8) is 0 Å². The smallest absolute Gasteiger partial charge is 0.277 e. The molecule has 2 amide bonds. The van der Waals surface area contributed by atoms with Gasteiger partial charge < -0.3 is 10.2 Å². The van der Waals surface area contributed by atoms with Gasteiger partial charge in [0.05, 0.1) is 6.54 Å². The molecule has 5 heteroatoms. The number of aromatic nitrogens is 1. The second-order valence-electron chi connectivity index (χ2n) is 6.38. The highest BCUT2D eigenvalue weighted by atomic mass is 16.2. The average molecular weight is 373 g/mol. The zero-order chi connectivity index (χ0) is 19.8. The highest BCUT2D eigenvalue weighted by molar-refractivity contribution is 6.05. The first-order valence-corrected chi connectivity index (χ1v) is 9.35. The van der Waals surface area contributed by atoms with Crippen LogP contribution in [0.2, 0.25) is 0 Å². The van der Waals surface area contributed by atoms with Gasteiger partial charge in [-0.2, -0.15) is 0 Å². The van der Waals surface area contributed by atoms with Crippen molar-refractivity contribution in [3.8, 4) is 0 Å². The fourth-order valence-electron chi connectivity index (χ4n) is 2.80. The van der Waals surface area contributed by atoms with Gasteiger partial charge in [0, 0.05) is 12.2 Å². The largest absolute Gasteiger partial charge is 0.351 e. The number of hydrogen-bond acceptors (Lipinski definition) is 3. The van der Waals surface area contributed by atoms with Crippen LogP contribution >= 0.6 is 0 Å². The summed E-state index contributed by atoms with van der Waals surface area (Å²) in [5.74, 6) is -0.522. The van der Waals surface area contributed by atoms with E-state index in [0.717, 1.165) is 17.7 Å². The van der Waals surface area contributed by atoms with Crippen LogP contribution in [0.15, 0.2) is 78.9 Å². The van der Waals surface area contributed by atoms with Gasteiger partial charge >= 0.3 is 0 Å². The van der Waals surface area contributed by atoms with Crippen LogP contribution in [0.25, 0.3) is 0 Å². The third-order valence-electron chi connectivity index (χ3n) is 4.23. The minimum absolute atomic E-state index is 0.240. The molecule has 0 saturated carbocycles. The molecule has 5 nitrogen and oxygen atoms in total. The number of hydrogen-bond donors (Lipinski definition) is 1. The third kappa shape index (κ3) is 4.82. The molecule has 142 valence electrons. The number of para-hydroxylation sites is 1. The van der Waals surface area contributed by atoms with Gasteiger partial charge in [0.15, 0.2) is 0 Å². The SMILES string of the molecule is CCCNC(=O)c1cccc(C(=O)N(Cc2ccccc2)c2ccccc2)n1. The lowest BCUT2D eigenvalue weighted by atomic mass is 10.1. The molecule has 0 aliphatic heterocycles. The van der Waals surface area contributed by atoms with Crippen molar-refractivity contribution in [2.45, 2.75) is 19.9 Å². The number of pyridine rings is 1. The predicted molar refractivity (Wildman–Crippen MR) is 110 cm³/mol. The molecule has 28 heavy (non-hydrogen) atoms. The van der Waals surface area contributed by atoms with Crippen LogP contribution in [0.1, 0.15) is 39.9 Å². The zero-order valence-electron chi connectivity index (χ0n) is 15.8. The number of nitrogens with zero attached hydrogens (tertiary/aromatic N) is 2. The lowest BCUT2D eigenvalue weighted by Gasteiger charge is -2.23. The van der Waals surface area contributed by atoms with Gasteiger partial charge in [0.1, 0.15) is 11.4 Å². The van der Waals surface area contributed by atoms with Crippen LogP contribution in [-0.4, -0.2) is 23.3 Å². The Balaban J connectivity index is 1.90. The minimum atomic E-state index is -0.272. The zero-order valence-corrected chi connectivity index (χ0v) is 15.8. The Morgan fingerprint density at radius 2 is 1.50 bits per heavy atom. The van der Waals surface area contributed by atoms with E-state index in [4.69, 9.17) is 0 Å². The van der Waals surface area contributed by atoms with Crippen molar-refractivity contribution in [3.05, 3.63) is 95.8 Å². The quantitative estimate of drug-likeness (QED) is 0.679. The van der Waals surface area contributed by atoms with Gasteiger partial charge in [0.25, 0.3) is 11.8 Å². The summed E-state index contributed by atoms with van der Waals surface area (Å²) in [7, 11) is 0. The number of carbonyl (C=O) groups is 2. The molecule has 1 heterocycles. The Morgan fingerprint density at radius 1 is 0.857 bits per heavy atom. The fourth-order valence-corrected chi connectivity index (χ4v) is 2.80. The molecule has 0 radical (unpaired) electrons. The van der Waals surface area contributed by atoms with Crippen LogP contribution in [0.4, 0.5) is 5.69 Å². The molecule has 0 fully saturated rings. The third-order valence-corrected chi connectivity index (χ3v) is 4.23. The highest BCUT2D eigenvalue weighted by Gasteiger charge is 2.20. The summed E-state index contributed by atoms with van der Waals surface area (Å²) in [6, 6.07) is 24.2. The second-order valence-corrected chi connectivity index (χ2v) is 6.38. The van der Waals surface area contributed by atoms with Crippen molar-refractivity contribution in [2.75, 3.05) is 11.4 Å². The number of amides is 2. The Kier molecular flexibility index (Phi) is 6.52. The highest BCUT2D eigenvalue weighted by Crippen LogP contribution is 2.19. The Labute approximate surface area is 165 Å². The Hall–Kier alpha value is -3.47. The van der Waals surface area contributed by atoms with Crippen LogP contribution in [0.5, 0.6) is 0 Å². The summed E-state index contributed by atoms with van der Waals surface area (Å²) < 4.78 is 0. The van der Waals surface area contributed by atoms with Crippen molar-refractivity contribution in [1.82, 2.24) is 10.3 Å². The first kappa shape index (κ1) is 19.3. The number of carbonyl (C=O) groups excluding carboxylic acids is 2. The molecular weight excluding hydrogens is 350 g/mol. The van der Waals surface area contributed by atoms with Crippen LogP contribution in [-0.2, 0) is 6.54 Å². The molecule has 0 unspecified atom stereocenters. The van der Waals surface area contributed by atoms with Crippen LogP contribution in [0.3, 0.4) is 0 Å². The number of anilines is 1. The molecule has 0 atom stereocenters. The van der Waals surface area contributed by atoms with Crippen molar-refractivity contribution in [1.29, 1.82) is 0 Å². The molecule has 2 aromatic carbocycles. The summed E-state index contributed by atoms with van der Waals surface area (Å²) in [5.41, 5.74) is 2.27. The monoisotopic (exact) mass is 373 g/mol. The first-order valence-electron chi connectivity index (χ1n) is 9.35. The van der Waals surface area contributed by atoms with Gasteiger partial charge in [-0.15, -0.1) is 0 Å². The van der Waals surface area contributed by atoms with Gasteiger partial charge in [-0.3, -0.25) is 9.59 Å². The van der Waals surface area contributed by atoms with E-state index in [2.05, 4.69) is 10.3 Å². The van der Waals surface area contributed by atoms with E-state index in [1.165, 1.54) is 0 Å². The Bertz CT molecular complexity index is 927. The number of rotatable bonds is 7. The summed E-state index contributed by atoms with van der Waals surface area (Å²) in [6.45, 7) is 2.97. The molecule has 3 aromatic rings. The van der Waals surface area contributed by atoms with Crippen molar-refractivity contribution < 1.29 is 9.59 Å². The molecule has 0 bridgehead atoms. The standard InChI is InChI=1S/C23H23N3O2/c1-2-16-24-22(27)20-14-9-15-21(25-20)23(28)26(19-12-7-4-8-13-19)17-18-10-5-3-6-11-18/h3-15H,2,16-17H2,1H3,(H,24,27). The topological polar surface area (TPSA) is 62.3 Å². The first-order chi connectivity index (χ1) is 13.7. The van der Waals surface area contributed by atoms with E-state index >= 15 is 0 Å². The van der Waals surface area contributed by atoms with Gasteiger partial charge in [-0.25, -0.2) is 4.98 Å². The van der Waals surface area contributed by atoms with Gasteiger partial charge in [-0.1, -0.05) is 61.5 Å².